The van der Waals surface area contributed by atoms with E-state index in [1.165, 1.54) is 12.1 Å². The molecule has 1 unspecified atom stereocenters. The molecule has 1 aromatic carbocycles. The highest BCUT2D eigenvalue weighted by Gasteiger charge is 2.57. The van der Waals surface area contributed by atoms with E-state index in [0.717, 1.165) is 51.3 Å². The molecular formula is C37H51F2N7O4. The quantitative estimate of drug-likeness (QED) is 0.468. The van der Waals surface area contributed by atoms with Crippen LogP contribution in [-0.2, 0) is 19.1 Å². The van der Waals surface area contributed by atoms with Gasteiger partial charge < -0.3 is 29.7 Å². The minimum Gasteiger partial charge on any atom is -0.368 e. The number of nitrogens with one attached hydrogen (secondary N) is 1. The van der Waals surface area contributed by atoms with Crippen LogP contribution >= 0.6 is 0 Å². The zero-order valence-electron chi connectivity index (χ0n) is 29.4. The molecule has 5 heterocycles. The van der Waals surface area contributed by atoms with Gasteiger partial charge in [0, 0.05) is 63.5 Å². The number of hydrogen-bond donors (Lipinski definition) is 1. The van der Waals surface area contributed by atoms with E-state index in [1.807, 2.05) is 16.8 Å². The molecule has 0 aromatic heterocycles. The highest BCUT2D eigenvalue weighted by atomic mass is 19.1. The first-order valence-electron chi connectivity index (χ1n) is 18.6. The third kappa shape index (κ3) is 6.72. The molecule has 50 heavy (non-hydrogen) atoms. The van der Waals surface area contributed by atoms with Crippen molar-refractivity contribution < 1.29 is 27.9 Å². The summed E-state index contributed by atoms with van der Waals surface area (Å²) in [4.78, 5) is 52.0. The second-order valence-corrected chi connectivity index (χ2v) is 15.4. The van der Waals surface area contributed by atoms with Gasteiger partial charge in [-0.05, 0) is 88.6 Å². The van der Waals surface area contributed by atoms with Crippen molar-refractivity contribution in [2.75, 3.05) is 66.0 Å². The summed E-state index contributed by atoms with van der Waals surface area (Å²) in [6.45, 7) is 6.68. The maximum Gasteiger partial charge on any atom is 0.252 e. The normalized spacial score (nSPS) is 33.5. The molecule has 4 saturated heterocycles. The maximum atomic E-state index is 15.3. The molecule has 0 radical (unpaired) electrons. The summed E-state index contributed by atoms with van der Waals surface area (Å²) in [5, 5.41) is 12.3. The van der Waals surface area contributed by atoms with E-state index in [0.29, 0.717) is 57.0 Å². The number of piperazine rings is 1. The Bertz CT molecular complexity index is 1490. The smallest absolute Gasteiger partial charge is 0.252 e. The molecule has 11 nitrogen and oxygen atoms in total. The zero-order chi connectivity index (χ0) is 35.0. The summed E-state index contributed by atoms with van der Waals surface area (Å²) >= 11 is 0. The number of amides is 3. The number of likely N-dealkylation sites (N-methyl/N-ethyl adjacent to an activating group) is 1. The van der Waals surface area contributed by atoms with E-state index in [4.69, 9.17) is 4.74 Å². The Morgan fingerprint density at radius 1 is 1.04 bits per heavy atom. The second-order valence-electron chi connectivity index (χ2n) is 15.4. The Kier molecular flexibility index (Phi) is 10.4. The van der Waals surface area contributed by atoms with Gasteiger partial charge >= 0.3 is 0 Å². The van der Waals surface area contributed by atoms with Crippen molar-refractivity contribution in [2.45, 2.75) is 88.6 Å². The van der Waals surface area contributed by atoms with E-state index in [1.54, 1.807) is 11.0 Å². The van der Waals surface area contributed by atoms with Gasteiger partial charge in [0.2, 0.25) is 11.8 Å². The maximum absolute atomic E-state index is 15.3. The van der Waals surface area contributed by atoms with E-state index in [-0.39, 0.29) is 55.0 Å². The van der Waals surface area contributed by atoms with Gasteiger partial charge in [0.25, 0.3) is 5.91 Å². The standard InChI is InChI=1S/C37H51F2N7O4/c1-24-5-8-26(9-6-24)46(35(48)32-4-3-19-50-32)27-21-31(34(47)44-17-15-43(2)16-18-44)45(22-27)36(49)37(12-14-40-23-37)33-29(11-13-41-42-33)28-10-7-25(38)20-30(28)39/h7,10-11,20,24,26-27,31-33,40H,3-6,8-9,12-19,21-23H2,1-2H3/t24?,26?,27-,31-,32-,33?,37-/m0/s1. The van der Waals surface area contributed by atoms with Gasteiger partial charge in [-0.1, -0.05) is 13.0 Å². The van der Waals surface area contributed by atoms with Crippen LogP contribution in [0.15, 0.2) is 34.5 Å². The molecule has 13 heteroatoms. The summed E-state index contributed by atoms with van der Waals surface area (Å²) in [6.07, 6.45) is 7.35. The molecule has 6 aliphatic rings. The number of carbonyl (C=O) groups excluding carboxylic acids is 3. The Morgan fingerprint density at radius 2 is 1.82 bits per heavy atom. The van der Waals surface area contributed by atoms with Crippen LogP contribution in [0.2, 0.25) is 0 Å². The lowest BCUT2D eigenvalue weighted by atomic mass is 9.73. The number of carbonyl (C=O) groups is 3. The molecule has 7 rings (SSSR count). The van der Waals surface area contributed by atoms with Gasteiger partial charge in [0.05, 0.1) is 18.0 Å². The van der Waals surface area contributed by atoms with E-state index in [2.05, 4.69) is 27.4 Å². The van der Waals surface area contributed by atoms with Crippen LogP contribution < -0.4 is 5.32 Å². The fraction of sp³-hybridized carbons (Fsp3) is 0.703. The number of likely N-dealkylation sites (tertiary alicyclic amines) is 1. The molecule has 1 N–H and O–H groups in total. The van der Waals surface area contributed by atoms with E-state index >= 15 is 9.18 Å². The van der Waals surface area contributed by atoms with Crippen molar-refractivity contribution in [3.63, 3.8) is 0 Å². The van der Waals surface area contributed by atoms with Crippen LogP contribution in [0.25, 0.3) is 5.57 Å². The molecule has 1 aliphatic carbocycles. The molecule has 1 saturated carbocycles. The number of nitrogens with zero attached hydrogens (tertiary/aromatic N) is 6. The summed E-state index contributed by atoms with van der Waals surface area (Å²) in [5.41, 5.74) is -0.465. The van der Waals surface area contributed by atoms with Gasteiger partial charge in [0.1, 0.15) is 29.8 Å². The second kappa shape index (κ2) is 14.7. The number of halogens is 2. The van der Waals surface area contributed by atoms with Crippen LogP contribution in [0.5, 0.6) is 0 Å². The number of hydrogen-bond acceptors (Lipinski definition) is 8. The molecule has 1 aromatic rings. The molecule has 0 bridgehead atoms. The SMILES string of the molecule is CC1CCC(N(C(=O)[C@@H]2CCCO2)[C@H]2C[C@@H](C(=O)N3CCN(C)CC3)N(C(=O)[C@@]3(C4N=NCC=C4c4ccc(F)cc4F)CCNC3)C2)CC1. The van der Waals surface area contributed by atoms with Crippen LogP contribution in [0.1, 0.15) is 63.9 Å². The Balaban J connectivity index is 1.24. The average Bonchev–Trinajstić information content (AvgIpc) is 3.92. The minimum absolute atomic E-state index is 0.0209. The van der Waals surface area contributed by atoms with Crippen LogP contribution in [0, 0.1) is 23.0 Å². The fourth-order valence-electron chi connectivity index (χ4n) is 9.19. The molecule has 5 aliphatic heterocycles. The van der Waals surface area contributed by atoms with Crippen molar-refractivity contribution in [2.24, 2.45) is 21.6 Å². The predicted octanol–water partition coefficient (Wildman–Crippen LogP) is 3.49. The van der Waals surface area contributed by atoms with Crippen molar-refractivity contribution in [1.29, 1.82) is 0 Å². The first-order valence-corrected chi connectivity index (χ1v) is 18.6. The summed E-state index contributed by atoms with van der Waals surface area (Å²) in [6, 6.07) is 1.54. The summed E-state index contributed by atoms with van der Waals surface area (Å²) in [7, 11) is 2.04. The third-order valence-electron chi connectivity index (χ3n) is 12.1. The largest absolute Gasteiger partial charge is 0.368 e. The number of azo groups is 1. The zero-order valence-corrected chi connectivity index (χ0v) is 29.4. The number of rotatable bonds is 7. The molecular weight excluding hydrogens is 644 g/mol. The lowest BCUT2D eigenvalue weighted by Gasteiger charge is -2.42. The fourth-order valence-corrected chi connectivity index (χ4v) is 9.19. The minimum atomic E-state index is -1.16. The Hall–Kier alpha value is -3.29. The predicted molar refractivity (Wildman–Crippen MR) is 183 cm³/mol. The van der Waals surface area contributed by atoms with Crippen molar-refractivity contribution in [1.82, 2.24) is 24.9 Å². The van der Waals surface area contributed by atoms with Crippen LogP contribution in [-0.4, -0.2) is 134 Å². The van der Waals surface area contributed by atoms with Crippen LogP contribution in [0.4, 0.5) is 8.78 Å². The van der Waals surface area contributed by atoms with E-state index < -0.39 is 35.2 Å². The lowest BCUT2D eigenvalue weighted by Crippen LogP contribution is -2.58. The Morgan fingerprint density at radius 3 is 2.50 bits per heavy atom. The van der Waals surface area contributed by atoms with Crippen molar-refractivity contribution >= 4 is 23.3 Å². The van der Waals surface area contributed by atoms with Crippen molar-refractivity contribution in [3.05, 3.63) is 41.5 Å². The van der Waals surface area contributed by atoms with Gasteiger partial charge in [0.15, 0.2) is 0 Å². The molecule has 272 valence electrons. The average molecular weight is 696 g/mol. The topological polar surface area (TPSA) is 110 Å². The first kappa shape index (κ1) is 35.1. The van der Waals surface area contributed by atoms with E-state index in [9.17, 15) is 14.0 Å². The number of ether oxygens (including phenoxy) is 1. The lowest BCUT2D eigenvalue weighted by molar-refractivity contribution is -0.151. The molecule has 0 spiro atoms. The summed E-state index contributed by atoms with van der Waals surface area (Å²) < 4.78 is 35.2. The molecule has 3 amide bonds. The number of benzene rings is 1. The first-order chi connectivity index (χ1) is 24.2. The van der Waals surface area contributed by atoms with Crippen LogP contribution in [0.3, 0.4) is 0 Å². The van der Waals surface area contributed by atoms with Gasteiger partial charge in [-0.3, -0.25) is 14.4 Å². The Labute approximate surface area is 293 Å². The van der Waals surface area contributed by atoms with Gasteiger partial charge in [-0.25, -0.2) is 8.78 Å². The van der Waals surface area contributed by atoms with Crippen molar-refractivity contribution in [3.8, 4) is 0 Å². The molecule has 5 atom stereocenters. The molecule has 5 fully saturated rings. The summed E-state index contributed by atoms with van der Waals surface area (Å²) in [5.74, 6) is -1.17. The third-order valence-corrected chi connectivity index (χ3v) is 12.1. The van der Waals surface area contributed by atoms with Gasteiger partial charge in [-0.15, -0.1) is 0 Å². The van der Waals surface area contributed by atoms with Gasteiger partial charge in [-0.2, -0.15) is 10.2 Å². The monoisotopic (exact) mass is 695 g/mol. The highest BCUT2D eigenvalue weighted by Crippen LogP contribution is 2.45. The highest BCUT2D eigenvalue weighted by molar-refractivity contribution is 5.94.